The lowest BCUT2D eigenvalue weighted by Gasteiger charge is -2.29. The summed E-state index contributed by atoms with van der Waals surface area (Å²) in [6.07, 6.45) is -5.00. The maximum Gasteiger partial charge on any atom is 0.492 e. The summed E-state index contributed by atoms with van der Waals surface area (Å²) in [7, 11) is 3.53. The first kappa shape index (κ1) is 17.5. The molecule has 1 aromatic carbocycles. The van der Waals surface area contributed by atoms with Crippen LogP contribution < -0.4 is 20.1 Å². The number of halogens is 4. The molecule has 0 unspecified atom stereocenters. The van der Waals surface area contributed by atoms with Gasteiger partial charge < -0.3 is 19.7 Å². The van der Waals surface area contributed by atoms with Crippen LogP contribution in [0, 0.1) is 0 Å². The van der Waals surface area contributed by atoms with Crippen molar-refractivity contribution < 1.29 is 27.4 Å². The van der Waals surface area contributed by atoms with E-state index in [9.17, 15) is 18.0 Å². The predicted octanol–water partition coefficient (Wildman–Crippen LogP) is 2.19. The van der Waals surface area contributed by atoms with Crippen LogP contribution in [0.4, 0.5) is 18.0 Å². The fourth-order valence-corrected chi connectivity index (χ4v) is 1.96. The normalized spacial score (nSPS) is 19.8. The molecule has 0 aliphatic carbocycles. The summed E-state index contributed by atoms with van der Waals surface area (Å²) in [5.74, 6) is -3.66. The number of nitrogens with zero attached hydrogens (tertiary/aromatic N) is 1. The Morgan fingerprint density at radius 2 is 1.96 bits per heavy atom. The van der Waals surface area contributed by atoms with E-state index in [4.69, 9.17) is 21.1 Å². The van der Waals surface area contributed by atoms with Crippen molar-refractivity contribution in [1.82, 2.24) is 15.5 Å². The Labute approximate surface area is 135 Å². The van der Waals surface area contributed by atoms with E-state index in [0.717, 1.165) is 0 Å². The molecular formula is C13H15ClF3N3O3. The number of rotatable bonds is 4. The summed E-state index contributed by atoms with van der Waals surface area (Å²) in [5, 5.41) is 4.17. The van der Waals surface area contributed by atoms with Crippen LogP contribution in [-0.4, -0.2) is 50.2 Å². The maximum atomic E-state index is 13.4. The number of hydrogen-bond donors (Lipinski definition) is 2. The number of carbonyl (C=O) groups is 1. The van der Waals surface area contributed by atoms with Crippen molar-refractivity contribution >= 4 is 17.6 Å². The number of amides is 2. The fourth-order valence-electron chi connectivity index (χ4n) is 1.80. The zero-order valence-corrected chi connectivity index (χ0v) is 13.1. The van der Waals surface area contributed by atoms with Gasteiger partial charge >= 0.3 is 18.1 Å². The first-order valence-electron chi connectivity index (χ1n) is 6.58. The molecule has 1 aliphatic rings. The largest absolute Gasteiger partial charge is 0.492 e. The average Bonchev–Trinajstić information content (AvgIpc) is 2.76. The molecule has 23 heavy (non-hydrogen) atoms. The van der Waals surface area contributed by atoms with Crippen LogP contribution in [-0.2, 0) is 0 Å². The Morgan fingerprint density at radius 3 is 2.57 bits per heavy atom. The molecule has 0 saturated heterocycles. The maximum absolute atomic E-state index is 13.4. The van der Waals surface area contributed by atoms with Gasteiger partial charge in [0.1, 0.15) is 0 Å². The van der Waals surface area contributed by atoms with Crippen LogP contribution in [0.2, 0.25) is 5.02 Å². The van der Waals surface area contributed by atoms with Crippen LogP contribution in [0.1, 0.15) is 0 Å². The number of nitrogens with one attached hydrogen (secondary N) is 2. The average molecular weight is 354 g/mol. The van der Waals surface area contributed by atoms with Gasteiger partial charge in [-0.25, -0.2) is 4.79 Å². The molecule has 2 amide bonds. The first-order chi connectivity index (χ1) is 10.6. The Kier molecular flexibility index (Phi) is 4.81. The third-order valence-electron chi connectivity index (χ3n) is 2.91. The molecule has 0 bridgehead atoms. The highest BCUT2D eigenvalue weighted by atomic mass is 35.5. The Balaban J connectivity index is 2.12. The van der Waals surface area contributed by atoms with E-state index in [1.807, 2.05) is 0 Å². The van der Waals surface area contributed by atoms with Gasteiger partial charge in [-0.3, -0.25) is 5.32 Å². The lowest BCUT2D eigenvalue weighted by molar-refractivity contribution is -0.317. The van der Waals surface area contributed by atoms with Crippen LogP contribution in [0.3, 0.4) is 0 Å². The van der Waals surface area contributed by atoms with Crippen molar-refractivity contribution in [2.45, 2.75) is 12.1 Å². The SMILES string of the molecule is CN(C)CCNC(=O)N[C@@]1(C(F)(F)F)Oc2ccc(Cl)cc2O1. The van der Waals surface area contributed by atoms with Gasteiger partial charge in [-0.15, -0.1) is 0 Å². The highest BCUT2D eigenvalue weighted by Gasteiger charge is 2.65. The number of ether oxygens (including phenoxy) is 2. The lowest BCUT2D eigenvalue weighted by Crippen LogP contribution is -2.66. The highest BCUT2D eigenvalue weighted by molar-refractivity contribution is 6.30. The zero-order valence-electron chi connectivity index (χ0n) is 12.3. The minimum Gasteiger partial charge on any atom is -0.424 e. The molecule has 0 aromatic heterocycles. The Hall–Kier alpha value is -1.87. The van der Waals surface area contributed by atoms with Crippen molar-refractivity contribution in [3.8, 4) is 11.5 Å². The first-order valence-corrected chi connectivity index (χ1v) is 6.96. The van der Waals surface area contributed by atoms with E-state index in [0.29, 0.717) is 6.54 Å². The van der Waals surface area contributed by atoms with Gasteiger partial charge in [0.2, 0.25) is 0 Å². The van der Waals surface area contributed by atoms with Crippen molar-refractivity contribution in [3.63, 3.8) is 0 Å². The second-order valence-corrected chi connectivity index (χ2v) is 5.53. The highest BCUT2D eigenvalue weighted by Crippen LogP contribution is 2.45. The van der Waals surface area contributed by atoms with Gasteiger partial charge in [0.25, 0.3) is 0 Å². The van der Waals surface area contributed by atoms with Gasteiger partial charge in [0.15, 0.2) is 11.5 Å². The quantitative estimate of drug-likeness (QED) is 0.871. The monoisotopic (exact) mass is 353 g/mol. The molecule has 0 saturated carbocycles. The molecule has 1 aromatic rings. The second-order valence-electron chi connectivity index (χ2n) is 5.09. The molecule has 2 rings (SSSR count). The summed E-state index contributed by atoms with van der Waals surface area (Å²) < 4.78 is 49.7. The minimum absolute atomic E-state index is 0.158. The molecule has 10 heteroatoms. The molecular weight excluding hydrogens is 339 g/mol. The van der Waals surface area contributed by atoms with E-state index in [1.54, 1.807) is 24.3 Å². The zero-order chi connectivity index (χ0) is 17.3. The Bertz CT molecular complexity index is 598. The molecule has 6 nitrogen and oxygen atoms in total. The second kappa shape index (κ2) is 6.32. The molecule has 0 radical (unpaired) electrons. The van der Waals surface area contributed by atoms with Gasteiger partial charge in [0.05, 0.1) is 0 Å². The van der Waals surface area contributed by atoms with Gasteiger partial charge in [-0.2, -0.15) is 13.2 Å². The number of alkyl halides is 3. The standard InChI is InChI=1S/C13H15ClF3N3O3/c1-20(2)6-5-18-11(21)19-13(12(15,16)17)22-9-4-3-8(14)7-10(9)23-13/h3-4,7H,5-6H2,1-2H3,(H2,18,19,21)/t13-/m0/s1. The summed E-state index contributed by atoms with van der Waals surface area (Å²) in [5.41, 5.74) is 0. The number of hydrogen-bond acceptors (Lipinski definition) is 4. The minimum atomic E-state index is -5.00. The fraction of sp³-hybridized carbons (Fsp3) is 0.462. The molecule has 1 aliphatic heterocycles. The van der Waals surface area contributed by atoms with Crippen molar-refractivity contribution in [2.24, 2.45) is 0 Å². The molecule has 2 N–H and O–H groups in total. The van der Waals surface area contributed by atoms with Crippen LogP contribution in [0.5, 0.6) is 11.5 Å². The van der Waals surface area contributed by atoms with Gasteiger partial charge in [-0.05, 0) is 26.2 Å². The van der Waals surface area contributed by atoms with Crippen molar-refractivity contribution in [3.05, 3.63) is 23.2 Å². The third-order valence-corrected chi connectivity index (χ3v) is 3.14. The number of urea groups is 1. The van der Waals surface area contributed by atoms with Gasteiger partial charge in [0, 0.05) is 24.2 Å². The van der Waals surface area contributed by atoms with Crippen LogP contribution in [0.15, 0.2) is 18.2 Å². The number of carbonyl (C=O) groups excluding carboxylic acids is 1. The molecule has 1 heterocycles. The molecule has 1 atom stereocenters. The molecule has 0 fully saturated rings. The summed E-state index contributed by atoms with van der Waals surface area (Å²) in [4.78, 5) is 13.5. The van der Waals surface area contributed by atoms with Crippen LogP contribution in [0.25, 0.3) is 0 Å². The third kappa shape index (κ3) is 3.91. The van der Waals surface area contributed by atoms with E-state index >= 15 is 0 Å². The number of likely N-dealkylation sites (N-methyl/N-ethyl adjacent to an activating group) is 1. The smallest absolute Gasteiger partial charge is 0.424 e. The van der Waals surface area contributed by atoms with E-state index in [1.165, 1.54) is 18.2 Å². The van der Waals surface area contributed by atoms with Crippen molar-refractivity contribution in [2.75, 3.05) is 27.2 Å². The molecule has 128 valence electrons. The van der Waals surface area contributed by atoms with Gasteiger partial charge in [-0.1, -0.05) is 11.6 Å². The molecule has 0 spiro atoms. The number of benzene rings is 1. The topological polar surface area (TPSA) is 62.8 Å². The van der Waals surface area contributed by atoms with E-state index in [-0.39, 0.29) is 23.1 Å². The predicted molar refractivity (Wildman–Crippen MR) is 76.6 cm³/mol. The van der Waals surface area contributed by atoms with E-state index < -0.39 is 18.1 Å². The summed E-state index contributed by atoms with van der Waals surface area (Å²) in [6, 6.07) is 2.70. The summed E-state index contributed by atoms with van der Waals surface area (Å²) in [6.45, 7) is 0.621. The van der Waals surface area contributed by atoms with Crippen LogP contribution >= 0.6 is 11.6 Å². The summed E-state index contributed by atoms with van der Waals surface area (Å²) >= 11 is 5.71. The van der Waals surface area contributed by atoms with Crippen molar-refractivity contribution in [1.29, 1.82) is 0 Å². The van der Waals surface area contributed by atoms with E-state index in [2.05, 4.69) is 5.32 Å². The number of fused-ring (bicyclic) bond motifs is 1. The lowest BCUT2D eigenvalue weighted by atomic mass is 10.3. The Morgan fingerprint density at radius 1 is 1.30 bits per heavy atom.